The van der Waals surface area contributed by atoms with Crippen LogP contribution in [-0.4, -0.2) is 39.8 Å². The summed E-state index contributed by atoms with van der Waals surface area (Å²) in [6, 6.07) is 8.98. The van der Waals surface area contributed by atoms with Crippen molar-refractivity contribution in [3.05, 3.63) is 74.2 Å². The SMILES string of the molecule is C=C(C)[C@@H](Nc1c(Nc2nn(C)c(C(=O)N(C)C)c2O)c(=O)c1=O)c1ccccc1. The van der Waals surface area contributed by atoms with Crippen molar-refractivity contribution in [2.24, 2.45) is 7.05 Å². The standard InChI is InChI=1S/C21H23N5O4/c1-11(2)13(12-9-7-6-8-10-12)22-14-15(18(28)17(14)27)23-20-19(29)16(26(5)24-20)21(30)25(3)4/h6-10,13,22,29H,1H2,2-5H3,(H,23,24)/t13-/m1/s1. The molecule has 3 rings (SSSR count). The summed E-state index contributed by atoms with van der Waals surface area (Å²) in [5.41, 5.74) is 0.209. The Kier molecular flexibility index (Phi) is 5.46. The van der Waals surface area contributed by atoms with Crippen LogP contribution in [0.15, 0.2) is 52.1 Å². The summed E-state index contributed by atoms with van der Waals surface area (Å²) in [5.74, 6) is -0.954. The van der Waals surface area contributed by atoms with E-state index >= 15 is 0 Å². The third-order valence-corrected chi connectivity index (χ3v) is 4.70. The summed E-state index contributed by atoms with van der Waals surface area (Å²) in [5, 5.41) is 20.3. The number of aromatic nitrogens is 2. The maximum Gasteiger partial charge on any atom is 0.275 e. The van der Waals surface area contributed by atoms with Crippen molar-refractivity contribution in [2.45, 2.75) is 13.0 Å². The van der Waals surface area contributed by atoms with E-state index in [1.807, 2.05) is 37.3 Å². The first-order valence-corrected chi connectivity index (χ1v) is 9.18. The molecular weight excluding hydrogens is 386 g/mol. The summed E-state index contributed by atoms with van der Waals surface area (Å²) in [7, 11) is 4.58. The normalized spacial score (nSPS) is 11.9. The zero-order valence-electron chi connectivity index (χ0n) is 17.2. The first-order chi connectivity index (χ1) is 14.1. The minimum atomic E-state index is -0.739. The molecule has 1 heterocycles. The lowest BCUT2D eigenvalue weighted by atomic mass is 10.00. The van der Waals surface area contributed by atoms with Crippen LogP contribution in [0.4, 0.5) is 17.2 Å². The van der Waals surface area contributed by atoms with E-state index in [0.29, 0.717) is 0 Å². The molecule has 0 aliphatic rings. The van der Waals surface area contributed by atoms with Crippen molar-refractivity contribution in [1.29, 1.82) is 0 Å². The largest absolute Gasteiger partial charge is 0.503 e. The van der Waals surface area contributed by atoms with Gasteiger partial charge in [0.1, 0.15) is 11.4 Å². The van der Waals surface area contributed by atoms with Gasteiger partial charge in [-0.3, -0.25) is 19.1 Å². The van der Waals surface area contributed by atoms with E-state index in [1.165, 1.54) is 16.6 Å². The predicted octanol–water partition coefficient (Wildman–Crippen LogP) is 1.90. The van der Waals surface area contributed by atoms with Gasteiger partial charge in [0.25, 0.3) is 16.8 Å². The van der Waals surface area contributed by atoms with Crippen LogP contribution in [0.2, 0.25) is 0 Å². The summed E-state index contributed by atoms with van der Waals surface area (Å²) in [6.07, 6.45) is 0. The molecule has 0 spiro atoms. The third kappa shape index (κ3) is 3.57. The summed E-state index contributed by atoms with van der Waals surface area (Å²) in [4.78, 5) is 37.9. The third-order valence-electron chi connectivity index (χ3n) is 4.70. The molecule has 0 aliphatic heterocycles. The zero-order valence-corrected chi connectivity index (χ0v) is 17.2. The molecule has 156 valence electrons. The summed E-state index contributed by atoms with van der Waals surface area (Å²) in [6.45, 7) is 5.77. The maximum atomic E-state index is 12.2. The Hall–Kier alpha value is -3.88. The number of carbonyl (C=O) groups is 1. The molecule has 0 saturated heterocycles. The lowest BCUT2D eigenvalue weighted by molar-refractivity contribution is 0.0814. The number of anilines is 3. The van der Waals surface area contributed by atoms with Crippen molar-refractivity contribution in [2.75, 3.05) is 24.7 Å². The molecule has 1 aromatic heterocycles. The number of hydrogen-bond donors (Lipinski definition) is 3. The molecule has 3 N–H and O–H groups in total. The number of nitrogens with zero attached hydrogens (tertiary/aromatic N) is 3. The van der Waals surface area contributed by atoms with Crippen molar-refractivity contribution >= 4 is 23.1 Å². The second-order valence-corrected chi connectivity index (χ2v) is 7.24. The van der Waals surface area contributed by atoms with Crippen LogP contribution in [-0.2, 0) is 7.05 Å². The molecule has 0 radical (unpaired) electrons. The lowest BCUT2D eigenvalue weighted by Gasteiger charge is -2.23. The van der Waals surface area contributed by atoms with Gasteiger partial charge in [-0.15, -0.1) is 0 Å². The van der Waals surface area contributed by atoms with E-state index in [-0.39, 0.29) is 22.9 Å². The molecule has 0 saturated carbocycles. The van der Waals surface area contributed by atoms with Gasteiger partial charge in [-0.05, 0) is 12.5 Å². The van der Waals surface area contributed by atoms with Gasteiger partial charge in [-0.2, -0.15) is 5.10 Å². The molecule has 3 aromatic rings. The van der Waals surface area contributed by atoms with Gasteiger partial charge in [-0.1, -0.05) is 42.5 Å². The highest BCUT2D eigenvalue weighted by Crippen LogP contribution is 2.33. The zero-order chi connectivity index (χ0) is 22.2. The Morgan fingerprint density at radius 3 is 2.33 bits per heavy atom. The number of carbonyl (C=O) groups excluding carboxylic acids is 1. The predicted molar refractivity (Wildman–Crippen MR) is 115 cm³/mol. The molecule has 9 nitrogen and oxygen atoms in total. The molecule has 9 heteroatoms. The highest BCUT2D eigenvalue weighted by Gasteiger charge is 2.28. The number of rotatable bonds is 7. The van der Waals surface area contributed by atoms with Crippen LogP contribution < -0.4 is 21.5 Å². The van der Waals surface area contributed by atoms with E-state index in [0.717, 1.165) is 11.1 Å². The fraction of sp³-hybridized carbons (Fsp3) is 0.238. The Balaban J connectivity index is 1.94. The Morgan fingerprint density at radius 1 is 1.17 bits per heavy atom. The van der Waals surface area contributed by atoms with E-state index in [2.05, 4.69) is 22.3 Å². The fourth-order valence-electron chi connectivity index (χ4n) is 3.10. The van der Waals surface area contributed by atoms with Gasteiger partial charge in [0.05, 0.1) is 6.04 Å². The lowest BCUT2D eigenvalue weighted by Crippen LogP contribution is -2.37. The smallest absolute Gasteiger partial charge is 0.275 e. The van der Waals surface area contributed by atoms with E-state index < -0.39 is 28.6 Å². The monoisotopic (exact) mass is 409 g/mol. The van der Waals surface area contributed by atoms with E-state index in [1.54, 1.807) is 14.1 Å². The van der Waals surface area contributed by atoms with Gasteiger partial charge >= 0.3 is 0 Å². The average molecular weight is 409 g/mol. The Labute approximate surface area is 173 Å². The van der Waals surface area contributed by atoms with Crippen molar-refractivity contribution in [3.8, 4) is 5.75 Å². The number of benzene rings is 1. The summed E-state index contributed by atoms with van der Waals surface area (Å²) < 4.78 is 1.21. The second kappa shape index (κ2) is 7.86. The minimum absolute atomic E-state index is 0.0283. The van der Waals surface area contributed by atoms with Crippen LogP contribution in [0, 0.1) is 0 Å². The molecule has 1 atom stereocenters. The second-order valence-electron chi connectivity index (χ2n) is 7.24. The van der Waals surface area contributed by atoms with Crippen molar-refractivity contribution in [1.82, 2.24) is 14.7 Å². The molecule has 0 aliphatic carbocycles. The number of nitrogens with one attached hydrogen (secondary N) is 2. The van der Waals surface area contributed by atoms with Gasteiger partial charge in [-0.25, -0.2) is 0 Å². The highest BCUT2D eigenvalue weighted by molar-refractivity contribution is 5.97. The first-order valence-electron chi connectivity index (χ1n) is 9.18. The summed E-state index contributed by atoms with van der Waals surface area (Å²) >= 11 is 0. The first kappa shape index (κ1) is 20.8. The van der Waals surface area contributed by atoms with Gasteiger partial charge < -0.3 is 20.6 Å². The van der Waals surface area contributed by atoms with Crippen molar-refractivity contribution in [3.63, 3.8) is 0 Å². The van der Waals surface area contributed by atoms with Crippen LogP contribution in [0.1, 0.15) is 29.0 Å². The molecule has 1 amide bonds. The number of aromatic hydroxyl groups is 1. The molecule has 0 fully saturated rings. The Morgan fingerprint density at radius 2 is 1.77 bits per heavy atom. The number of amides is 1. The van der Waals surface area contributed by atoms with Gasteiger partial charge in [0.15, 0.2) is 17.3 Å². The molecule has 30 heavy (non-hydrogen) atoms. The average Bonchev–Trinajstić information content (AvgIpc) is 2.99. The highest BCUT2D eigenvalue weighted by atomic mass is 16.3. The fourth-order valence-corrected chi connectivity index (χ4v) is 3.10. The molecule has 0 unspecified atom stereocenters. The van der Waals surface area contributed by atoms with Crippen LogP contribution in [0.25, 0.3) is 0 Å². The quantitative estimate of drug-likeness (QED) is 0.403. The van der Waals surface area contributed by atoms with E-state index in [4.69, 9.17) is 0 Å². The van der Waals surface area contributed by atoms with Gasteiger partial charge in [0.2, 0.25) is 0 Å². The van der Waals surface area contributed by atoms with Crippen molar-refractivity contribution < 1.29 is 9.90 Å². The van der Waals surface area contributed by atoms with Crippen LogP contribution in [0.5, 0.6) is 5.75 Å². The molecular formula is C21H23N5O4. The number of aryl methyl sites for hydroxylation is 1. The van der Waals surface area contributed by atoms with Gasteiger partial charge in [0, 0.05) is 21.1 Å². The van der Waals surface area contributed by atoms with E-state index in [9.17, 15) is 19.5 Å². The van der Waals surface area contributed by atoms with Crippen LogP contribution in [0.3, 0.4) is 0 Å². The molecule has 2 aromatic carbocycles. The molecule has 0 bridgehead atoms. The van der Waals surface area contributed by atoms with Crippen LogP contribution >= 0.6 is 0 Å². The Bertz CT molecular complexity index is 1190. The maximum absolute atomic E-state index is 12.2. The topological polar surface area (TPSA) is 117 Å². The number of hydrogen-bond acceptors (Lipinski definition) is 7. The minimum Gasteiger partial charge on any atom is -0.503 e.